The average Bonchev–Trinajstić information content (AvgIpc) is 3.42. The summed E-state index contributed by atoms with van der Waals surface area (Å²) in [6.45, 7) is 1.45. The van der Waals surface area contributed by atoms with E-state index in [4.69, 9.17) is 0 Å². The fourth-order valence-electron chi connectivity index (χ4n) is 4.16. The number of rotatable bonds is 6. The van der Waals surface area contributed by atoms with Crippen LogP contribution in [0.4, 0.5) is 4.39 Å². The number of carbonyl (C=O) groups is 1. The van der Waals surface area contributed by atoms with Crippen molar-refractivity contribution in [1.29, 1.82) is 0 Å². The molecule has 2 N–H and O–H groups in total. The second kappa shape index (κ2) is 8.29. The minimum absolute atomic E-state index is 0.0267. The molecule has 4 rings (SSSR count). The van der Waals surface area contributed by atoms with E-state index in [1.165, 1.54) is 22.7 Å². The average molecular weight is 399 g/mol. The van der Waals surface area contributed by atoms with Gasteiger partial charge in [0, 0.05) is 31.0 Å². The highest BCUT2D eigenvalue weighted by Gasteiger charge is 2.33. The summed E-state index contributed by atoms with van der Waals surface area (Å²) >= 11 is 1.60. The first-order valence-electron chi connectivity index (χ1n) is 9.66. The zero-order valence-electron chi connectivity index (χ0n) is 15.9. The lowest BCUT2D eigenvalue weighted by atomic mass is 10.1. The van der Waals surface area contributed by atoms with E-state index in [1.54, 1.807) is 23.5 Å². The van der Waals surface area contributed by atoms with Crippen molar-refractivity contribution < 1.29 is 14.1 Å². The normalized spacial score (nSPS) is 20.2. The number of amides is 1. The first kappa shape index (κ1) is 18.9. The fraction of sp³-hybridized carbons (Fsp3) is 0.318. The van der Waals surface area contributed by atoms with Gasteiger partial charge < -0.3 is 14.8 Å². The molecule has 1 aliphatic rings. The summed E-state index contributed by atoms with van der Waals surface area (Å²) in [5.41, 5.74) is 2.18. The molecule has 1 amide bonds. The lowest BCUT2D eigenvalue weighted by Crippen LogP contribution is -3.11. The number of nitrogens with one attached hydrogen (secondary N) is 2. The van der Waals surface area contributed by atoms with Crippen molar-refractivity contribution >= 4 is 17.2 Å². The highest BCUT2D eigenvalue weighted by atomic mass is 32.1. The van der Waals surface area contributed by atoms with Crippen LogP contribution < -0.4 is 10.2 Å². The third-order valence-electron chi connectivity index (χ3n) is 5.55. The van der Waals surface area contributed by atoms with Crippen molar-refractivity contribution in [2.45, 2.75) is 24.9 Å². The first-order valence-corrected chi connectivity index (χ1v) is 10.5. The lowest BCUT2D eigenvalue weighted by Gasteiger charge is -2.24. The van der Waals surface area contributed by atoms with Crippen LogP contribution in [0.1, 0.15) is 41.1 Å². The van der Waals surface area contributed by atoms with E-state index in [9.17, 15) is 9.18 Å². The molecule has 1 unspecified atom stereocenters. The number of nitrogens with zero attached hydrogens (tertiary/aromatic N) is 1. The smallest absolute Gasteiger partial charge is 0.275 e. The summed E-state index contributed by atoms with van der Waals surface area (Å²) < 4.78 is 15.5. The molecule has 0 saturated carbocycles. The van der Waals surface area contributed by atoms with Crippen LogP contribution in [0, 0.1) is 5.82 Å². The summed E-state index contributed by atoms with van der Waals surface area (Å²) in [6, 6.07) is 14.7. The maximum atomic E-state index is 13.3. The van der Waals surface area contributed by atoms with Gasteiger partial charge in [-0.05, 0) is 41.3 Å². The molecule has 4 nitrogen and oxygen atoms in total. The number of thiophene rings is 1. The molecule has 2 aromatic heterocycles. The Morgan fingerprint density at radius 2 is 2.11 bits per heavy atom. The minimum atomic E-state index is -0.271. The molecule has 1 aliphatic heterocycles. The second-order valence-corrected chi connectivity index (χ2v) is 8.37. The SMILES string of the molecule is Cn1cccc1[C@H]1CCC[NH+]1CC(=O)N[C@@H](c1ccc(F)cc1)c1cccs1. The van der Waals surface area contributed by atoms with Crippen molar-refractivity contribution in [3.05, 3.63) is 82.1 Å². The van der Waals surface area contributed by atoms with E-state index in [-0.39, 0.29) is 17.8 Å². The van der Waals surface area contributed by atoms with Crippen molar-refractivity contribution in [2.24, 2.45) is 7.05 Å². The molecule has 1 aromatic carbocycles. The van der Waals surface area contributed by atoms with E-state index >= 15 is 0 Å². The molecule has 0 spiro atoms. The van der Waals surface area contributed by atoms with Crippen LogP contribution in [-0.2, 0) is 11.8 Å². The van der Waals surface area contributed by atoms with Crippen LogP contribution >= 0.6 is 11.3 Å². The van der Waals surface area contributed by atoms with Crippen LogP contribution in [0.15, 0.2) is 60.1 Å². The summed E-state index contributed by atoms with van der Waals surface area (Å²) in [7, 11) is 2.06. The lowest BCUT2D eigenvalue weighted by molar-refractivity contribution is -0.911. The van der Waals surface area contributed by atoms with Crippen LogP contribution in [0.2, 0.25) is 0 Å². The van der Waals surface area contributed by atoms with Gasteiger partial charge in [0.15, 0.2) is 6.54 Å². The predicted octanol–water partition coefficient (Wildman–Crippen LogP) is 2.85. The van der Waals surface area contributed by atoms with Gasteiger partial charge in [-0.2, -0.15) is 0 Å². The van der Waals surface area contributed by atoms with Gasteiger partial charge in [-0.15, -0.1) is 11.3 Å². The zero-order valence-corrected chi connectivity index (χ0v) is 16.7. The van der Waals surface area contributed by atoms with Crippen LogP contribution in [-0.4, -0.2) is 23.6 Å². The van der Waals surface area contributed by atoms with Crippen molar-refractivity contribution in [3.63, 3.8) is 0 Å². The van der Waals surface area contributed by atoms with E-state index in [1.807, 2.05) is 17.5 Å². The van der Waals surface area contributed by atoms with E-state index in [0.29, 0.717) is 12.6 Å². The number of quaternary nitrogens is 1. The predicted molar refractivity (Wildman–Crippen MR) is 109 cm³/mol. The molecule has 146 valence electrons. The summed E-state index contributed by atoms with van der Waals surface area (Å²) in [6.07, 6.45) is 4.30. The zero-order chi connectivity index (χ0) is 19.5. The maximum absolute atomic E-state index is 13.3. The number of aryl methyl sites for hydroxylation is 1. The van der Waals surface area contributed by atoms with Crippen molar-refractivity contribution in [3.8, 4) is 0 Å². The quantitative estimate of drug-likeness (QED) is 0.659. The number of halogens is 1. The summed E-state index contributed by atoms with van der Waals surface area (Å²) in [4.78, 5) is 15.3. The Bertz CT molecular complexity index is 920. The molecule has 6 heteroatoms. The molecule has 3 atom stereocenters. The Kier molecular flexibility index (Phi) is 5.59. The van der Waals surface area contributed by atoms with Crippen molar-refractivity contribution in [2.75, 3.05) is 13.1 Å². The Morgan fingerprint density at radius 1 is 1.29 bits per heavy atom. The third-order valence-corrected chi connectivity index (χ3v) is 6.49. The van der Waals surface area contributed by atoms with Gasteiger partial charge in [0.05, 0.1) is 18.3 Å². The minimum Gasteiger partial charge on any atom is -0.350 e. The molecular formula is C22H25FN3OS+. The van der Waals surface area contributed by atoms with Gasteiger partial charge in [0.1, 0.15) is 11.9 Å². The van der Waals surface area contributed by atoms with E-state index in [2.05, 4.69) is 35.3 Å². The van der Waals surface area contributed by atoms with Gasteiger partial charge in [0.2, 0.25) is 0 Å². The Balaban J connectivity index is 1.49. The summed E-state index contributed by atoms with van der Waals surface area (Å²) in [5, 5.41) is 5.18. The van der Waals surface area contributed by atoms with Gasteiger partial charge in [-0.1, -0.05) is 18.2 Å². The Hall–Kier alpha value is -2.44. The molecule has 1 saturated heterocycles. The molecule has 3 aromatic rings. The number of aromatic nitrogens is 1. The molecular weight excluding hydrogens is 373 g/mol. The first-order chi connectivity index (χ1) is 13.6. The number of likely N-dealkylation sites (tertiary alicyclic amines) is 1. The van der Waals surface area contributed by atoms with E-state index < -0.39 is 0 Å². The molecule has 1 fully saturated rings. The number of hydrogen-bond acceptors (Lipinski definition) is 2. The summed E-state index contributed by atoms with van der Waals surface area (Å²) in [5.74, 6) is -0.245. The number of hydrogen-bond donors (Lipinski definition) is 2. The number of benzene rings is 1. The highest BCUT2D eigenvalue weighted by Crippen LogP contribution is 2.26. The maximum Gasteiger partial charge on any atom is 0.275 e. The Morgan fingerprint density at radius 3 is 2.79 bits per heavy atom. The van der Waals surface area contributed by atoms with Gasteiger partial charge >= 0.3 is 0 Å². The third kappa shape index (κ3) is 4.03. The molecule has 0 radical (unpaired) electrons. The molecule has 0 bridgehead atoms. The molecule has 28 heavy (non-hydrogen) atoms. The fourth-order valence-corrected chi connectivity index (χ4v) is 4.97. The van der Waals surface area contributed by atoms with Gasteiger partial charge in [-0.25, -0.2) is 4.39 Å². The van der Waals surface area contributed by atoms with Crippen LogP contribution in [0.5, 0.6) is 0 Å². The molecule has 0 aliphatic carbocycles. The second-order valence-electron chi connectivity index (χ2n) is 7.39. The Labute approximate surface area is 168 Å². The molecule has 3 heterocycles. The largest absolute Gasteiger partial charge is 0.350 e. The monoisotopic (exact) mass is 398 g/mol. The van der Waals surface area contributed by atoms with Gasteiger partial charge in [0.25, 0.3) is 5.91 Å². The van der Waals surface area contributed by atoms with E-state index in [0.717, 1.165) is 29.8 Å². The van der Waals surface area contributed by atoms with Gasteiger partial charge in [-0.3, -0.25) is 4.79 Å². The standard InChI is InChI=1S/C22H24FN3OS/c1-25-12-2-5-18(25)19-6-3-13-26(19)15-21(27)24-22(20-7-4-14-28-20)16-8-10-17(23)11-9-16/h2,4-5,7-12,14,19,22H,3,6,13,15H2,1H3,(H,24,27)/p+1/t19-,22+/m1/s1. The number of carbonyl (C=O) groups excluding carboxylic acids is 1. The van der Waals surface area contributed by atoms with Crippen molar-refractivity contribution in [1.82, 2.24) is 9.88 Å². The van der Waals surface area contributed by atoms with Crippen LogP contribution in [0.3, 0.4) is 0 Å². The topological polar surface area (TPSA) is 38.5 Å². The highest BCUT2D eigenvalue weighted by molar-refractivity contribution is 7.10. The van der Waals surface area contributed by atoms with Crippen LogP contribution in [0.25, 0.3) is 0 Å².